The molecular formula is C12H10N2O3. The van der Waals surface area contributed by atoms with Crippen LogP contribution in [0.2, 0.25) is 0 Å². The standard InChI is InChI=1S/C12H10N2O3/c15-10(6-14-4-3-13-7-14)9-1-2-11-12(5-9)17-8-16-11/h1-5,7H,6,8H2. The highest BCUT2D eigenvalue weighted by Crippen LogP contribution is 2.32. The van der Waals surface area contributed by atoms with Crippen molar-refractivity contribution in [3.8, 4) is 11.5 Å². The second-order valence-corrected chi connectivity index (χ2v) is 3.73. The number of fused-ring (bicyclic) bond motifs is 1. The first-order chi connectivity index (χ1) is 8.33. The van der Waals surface area contributed by atoms with Crippen molar-refractivity contribution in [3.05, 3.63) is 42.5 Å². The minimum absolute atomic E-state index is 0.0151. The van der Waals surface area contributed by atoms with Gasteiger partial charge in [-0.3, -0.25) is 4.79 Å². The maximum atomic E-state index is 12.0. The van der Waals surface area contributed by atoms with Crippen LogP contribution in [0.5, 0.6) is 11.5 Å². The molecule has 0 saturated carbocycles. The van der Waals surface area contributed by atoms with E-state index in [1.165, 1.54) is 0 Å². The molecule has 0 atom stereocenters. The first-order valence-electron chi connectivity index (χ1n) is 5.21. The molecule has 0 N–H and O–H groups in total. The fourth-order valence-corrected chi connectivity index (χ4v) is 1.71. The summed E-state index contributed by atoms with van der Waals surface area (Å²) < 4.78 is 12.2. The van der Waals surface area contributed by atoms with E-state index in [4.69, 9.17) is 9.47 Å². The quantitative estimate of drug-likeness (QED) is 0.750. The molecule has 17 heavy (non-hydrogen) atoms. The molecule has 2 heterocycles. The minimum Gasteiger partial charge on any atom is -0.454 e. The molecule has 0 saturated heterocycles. The number of imidazole rings is 1. The Bertz CT molecular complexity index is 549. The maximum absolute atomic E-state index is 12.0. The van der Waals surface area contributed by atoms with Crippen LogP contribution < -0.4 is 9.47 Å². The smallest absolute Gasteiger partial charge is 0.231 e. The van der Waals surface area contributed by atoms with Gasteiger partial charge in [0.25, 0.3) is 0 Å². The van der Waals surface area contributed by atoms with Gasteiger partial charge < -0.3 is 14.0 Å². The van der Waals surface area contributed by atoms with Gasteiger partial charge in [-0.1, -0.05) is 0 Å². The third kappa shape index (κ3) is 1.87. The van der Waals surface area contributed by atoms with Crippen LogP contribution in [0.4, 0.5) is 0 Å². The highest BCUT2D eigenvalue weighted by molar-refractivity contribution is 5.96. The van der Waals surface area contributed by atoms with Crippen molar-refractivity contribution in [1.82, 2.24) is 9.55 Å². The summed E-state index contributed by atoms with van der Waals surface area (Å²) in [5.74, 6) is 1.33. The average Bonchev–Trinajstić information content (AvgIpc) is 2.97. The molecule has 0 bridgehead atoms. The van der Waals surface area contributed by atoms with E-state index in [0.717, 1.165) is 0 Å². The number of carbonyl (C=O) groups is 1. The molecule has 0 amide bonds. The van der Waals surface area contributed by atoms with Crippen molar-refractivity contribution in [2.45, 2.75) is 6.54 Å². The van der Waals surface area contributed by atoms with Crippen LogP contribution in [-0.4, -0.2) is 22.1 Å². The van der Waals surface area contributed by atoms with Crippen molar-refractivity contribution in [2.24, 2.45) is 0 Å². The van der Waals surface area contributed by atoms with Gasteiger partial charge in [0.05, 0.1) is 12.9 Å². The average molecular weight is 230 g/mol. The second kappa shape index (κ2) is 3.93. The molecule has 1 aromatic heterocycles. The van der Waals surface area contributed by atoms with Gasteiger partial charge in [0.2, 0.25) is 6.79 Å². The van der Waals surface area contributed by atoms with Gasteiger partial charge in [-0.05, 0) is 18.2 Å². The minimum atomic E-state index is 0.0151. The molecule has 5 heteroatoms. The molecule has 0 aliphatic carbocycles. The Kier molecular flexibility index (Phi) is 2.29. The molecule has 0 fully saturated rings. The Morgan fingerprint density at radius 1 is 1.35 bits per heavy atom. The third-order valence-corrected chi connectivity index (χ3v) is 2.58. The van der Waals surface area contributed by atoms with E-state index in [9.17, 15) is 4.79 Å². The summed E-state index contributed by atoms with van der Waals surface area (Å²) in [6, 6.07) is 5.21. The van der Waals surface area contributed by atoms with Gasteiger partial charge >= 0.3 is 0 Å². The summed E-state index contributed by atoms with van der Waals surface area (Å²) in [7, 11) is 0. The molecule has 1 aromatic carbocycles. The lowest BCUT2D eigenvalue weighted by Crippen LogP contribution is -2.08. The number of benzene rings is 1. The van der Waals surface area contributed by atoms with Crippen molar-refractivity contribution >= 4 is 5.78 Å². The predicted octanol–water partition coefficient (Wildman–Crippen LogP) is 1.49. The van der Waals surface area contributed by atoms with E-state index in [0.29, 0.717) is 17.1 Å². The largest absolute Gasteiger partial charge is 0.454 e. The Hall–Kier alpha value is -2.30. The van der Waals surface area contributed by atoms with E-state index >= 15 is 0 Å². The van der Waals surface area contributed by atoms with E-state index in [2.05, 4.69) is 4.98 Å². The van der Waals surface area contributed by atoms with E-state index in [1.807, 2.05) is 0 Å². The van der Waals surface area contributed by atoms with E-state index in [1.54, 1.807) is 41.5 Å². The van der Waals surface area contributed by atoms with Gasteiger partial charge in [-0.2, -0.15) is 0 Å². The monoisotopic (exact) mass is 230 g/mol. The van der Waals surface area contributed by atoms with Gasteiger partial charge in [-0.15, -0.1) is 0 Å². The number of hydrogen-bond donors (Lipinski definition) is 0. The third-order valence-electron chi connectivity index (χ3n) is 2.58. The molecule has 0 unspecified atom stereocenters. The lowest BCUT2D eigenvalue weighted by Gasteiger charge is -2.03. The zero-order valence-electron chi connectivity index (χ0n) is 9.00. The Labute approximate surface area is 97.6 Å². The van der Waals surface area contributed by atoms with Crippen molar-refractivity contribution < 1.29 is 14.3 Å². The van der Waals surface area contributed by atoms with Crippen molar-refractivity contribution in [1.29, 1.82) is 0 Å². The molecule has 0 spiro atoms. The van der Waals surface area contributed by atoms with Gasteiger partial charge in [0.15, 0.2) is 17.3 Å². The van der Waals surface area contributed by atoms with Crippen LogP contribution in [0.15, 0.2) is 36.9 Å². The molecule has 3 rings (SSSR count). The van der Waals surface area contributed by atoms with Crippen LogP contribution in [0.3, 0.4) is 0 Å². The summed E-state index contributed by atoms with van der Waals surface area (Å²) in [5, 5.41) is 0. The van der Waals surface area contributed by atoms with Crippen LogP contribution in [0.25, 0.3) is 0 Å². The first kappa shape index (κ1) is 9.89. The van der Waals surface area contributed by atoms with E-state index in [-0.39, 0.29) is 19.1 Å². The summed E-state index contributed by atoms with van der Waals surface area (Å²) >= 11 is 0. The molecule has 1 aliphatic heterocycles. The Morgan fingerprint density at radius 2 is 2.24 bits per heavy atom. The number of aromatic nitrogens is 2. The fourth-order valence-electron chi connectivity index (χ4n) is 1.71. The summed E-state index contributed by atoms with van der Waals surface area (Å²) in [6.45, 7) is 0.494. The Balaban J connectivity index is 1.82. The van der Waals surface area contributed by atoms with Gasteiger partial charge in [-0.25, -0.2) is 4.98 Å². The summed E-state index contributed by atoms with van der Waals surface area (Å²) in [4.78, 5) is 15.9. The number of nitrogens with zero attached hydrogens (tertiary/aromatic N) is 2. The zero-order chi connectivity index (χ0) is 11.7. The number of ketones is 1. The second-order valence-electron chi connectivity index (χ2n) is 3.73. The molecule has 2 aromatic rings. The lowest BCUT2D eigenvalue weighted by molar-refractivity contribution is 0.0971. The fraction of sp³-hybridized carbons (Fsp3) is 0.167. The summed E-state index contributed by atoms with van der Waals surface area (Å²) in [5.41, 5.74) is 0.614. The highest BCUT2D eigenvalue weighted by Gasteiger charge is 2.16. The van der Waals surface area contributed by atoms with Crippen LogP contribution in [-0.2, 0) is 6.54 Å². The SMILES string of the molecule is O=C(Cn1ccnc1)c1ccc2c(c1)OCO2. The Morgan fingerprint density at radius 3 is 3.06 bits per heavy atom. The normalized spacial score (nSPS) is 12.7. The van der Waals surface area contributed by atoms with Crippen molar-refractivity contribution in [2.75, 3.05) is 6.79 Å². The predicted molar refractivity (Wildman–Crippen MR) is 59.1 cm³/mol. The maximum Gasteiger partial charge on any atom is 0.231 e. The van der Waals surface area contributed by atoms with Crippen LogP contribution in [0, 0.1) is 0 Å². The molecule has 0 radical (unpaired) electrons. The lowest BCUT2D eigenvalue weighted by atomic mass is 10.1. The highest BCUT2D eigenvalue weighted by atomic mass is 16.7. The number of carbonyl (C=O) groups excluding carboxylic acids is 1. The van der Waals surface area contributed by atoms with Crippen LogP contribution >= 0.6 is 0 Å². The molecule has 86 valence electrons. The topological polar surface area (TPSA) is 53.4 Å². The number of rotatable bonds is 3. The number of Topliss-reactive ketones (excluding diaryl/α,β-unsaturated/α-hetero) is 1. The first-order valence-corrected chi connectivity index (χ1v) is 5.21. The van der Waals surface area contributed by atoms with Crippen molar-refractivity contribution in [3.63, 3.8) is 0 Å². The molecular weight excluding hydrogens is 220 g/mol. The zero-order valence-corrected chi connectivity index (χ0v) is 9.00. The van der Waals surface area contributed by atoms with Gasteiger partial charge in [0.1, 0.15) is 0 Å². The number of ether oxygens (including phenoxy) is 2. The van der Waals surface area contributed by atoms with Gasteiger partial charge in [0, 0.05) is 18.0 Å². The number of hydrogen-bond acceptors (Lipinski definition) is 4. The van der Waals surface area contributed by atoms with Crippen LogP contribution in [0.1, 0.15) is 10.4 Å². The van der Waals surface area contributed by atoms with E-state index < -0.39 is 0 Å². The molecule has 5 nitrogen and oxygen atoms in total. The molecule has 1 aliphatic rings. The summed E-state index contributed by atoms with van der Waals surface area (Å²) in [6.07, 6.45) is 5.02.